The summed E-state index contributed by atoms with van der Waals surface area (Å²) in [5, 5.41) is 9.75. The maximum Gasteiger partial charge on any atom is 0.341 e. The van der Waals surface area contributed by atoms with Gasteiger partial charge in [0.2, 0.25) is 0 Å². The lowest BCUT2D eigenvalue weighted by atomic mass is 10.1. The molecular weight excluding hydrogens is 340 g/mol. The smallest absolute Gasteiger partial charge is 0.341 e. The molecule has 0 fully saturated rings. The van der Waals surface area contributed by atoms with Crippen LogP contribution in [0.25, 0.3) is 12.2 Å². The van der Waals surface area contributed by atoms with Gasteiger partial charge in [0.1, 0.15) is 23.7 Å². The Kier molecular flexibility index (Phi) is 5.90. The summed E-state index contributed by atoms with van der Waals surface area (Å²) >= 11 is 0. The van der Waals surface area contributed by atoms with Crippen LogP contribution in [0.15, 0.2) is 72.8 Å². The Hall–Kier alpha value is -3.53. The second kappa shape index (κ2) is 8.72. The quantitative estimate of drug-likeness (QED) is 0.500. The second-order valence-corrected chi connectivity index (χ2v) is 5.94. The van der Waals surface area contributed by atoms with Gasteiger partial charge in [-0.25, -0.2) is 4.79 Å². The maximum atomic E-state index is 11.6. The van der Waals surface area contributed by atoms with Crippen molar-refractivity contribution in [2.45, 2.75) is 6.61 Å². The molecule has 0 unspecified atom stereocenters. The number of methoxy groups -OCH3 is 1. The van der Waals surface area contributed by atoms with Gasteiger partial charge in [-0.15, -0.1) is 0 Å². The van der Waals surface area contributed by atoms with Crippen LogP contribution in [0.4, 0.5) is 0 Å². The molecule has 0 saturated carbocycles. The van der Waals surface area contributed by atoms with Crippen LogP contribution in [0.3, 0.4) is 0 Å². The molecule has 1 N–H and O–H groups in total. The first kappa shape index (κ1) is 18.3. The molecule has 0 radical (unpaired) electrons. The summed E-state index contributed by atoms with van der Waals surface area (Å²) in [6, 6.07) is 22.6. The van der Waals surface area contributed by atoms with Crippen LogP contribution >= 0.6 is 0 Å². The van der Waals surface area contributed by atoms with Crippen LogP contribution in [0, 0.1) is 0 Å². The van der Waals surface area contributed by atoms with Crippen molar-refractivity contribution in [2.75, 3.05) is 7.11 Å². The van der Waals surface area contributed by atoms with E-state index in [9.17, 15) is 9.90 Å². The summed E-state index contributed by atoms with van der Waals surface area (Å²) in [5.41, 5.74) is 3.05. The molecule has 0 aliphatic carbocycles. The Morgan fingerprint density at radius 1 is 0.926 bits per heavy atom. The number of esters is 1. The van der Waals surface area contributed by atoms with E-state index in [-0.39, 0.29) is 11.3 Å². The lowest BCUT2D eigenvalue weighted by molar-refractivity contribution is 0.0597. The van der Waals surface area contributed by atoms with Crippen LogP contribution in [0.2, 0.25) is 0 Å². The van der Waals surface area contributed by atoms with Crippen molar-refractivity contribution in [1.29, 1.82) is 0 Å². The minimum absolute atomic E-state index is 0.0982. The summed E-state index contributed by atoms with van der Waals surface area (Å²) in [4.78, 5) is 11.6. The number of hydrogen-bond donors (Lipinski definition) is 1. The van der Waals surface area contributed by atoms with E-state index in [0.29, 0.717) is 6.61 Å². The third-order valence-corrected chi connectivity index (χ3v) is 4.02. The van der Waals surface area contributed by atoms with E-state index >= 15 is 0 Å². The topological polar surface area (TPSA) is 55.8 Å². The summed E-state index contributed by atoms with van der Waals surface area (Å²) in [6.07, 6.45) is 3.79. The highest BCUT2D eigenvalue weighted by Crippen LogP contribution is 2.21. The van der Waals surface area contributed by atoms with Crippen LogP contribution < -0.4 is 4.74 Å². The van der Waals surface area contributed by atoms with E-state index in [1.807, 2.05) is 66.7 Å². The summed E-state index contributed by atoms with van der Waals surface area (Å²) in [5.74, 6) is 0.134. The molecule has 0 aliphatic rings. The van der Waals surface area contributed by atoms with Crippen molar-refractivity contribution >= 4 is 18.1 Å². The van der Waals surface area contributed by atoms with Crippen molar-refractivity contribution in [3.05, 3.63) is 95.1 Å². The maximum absolute atomic E-state index is 11.6. The normalized spacial score (nSPS) is 10.7. The van der Waals surface area contributed by atoms with Gasteiger partial charge in [0.05, 0.1) is 7.11 Å². The zero-order valence-electron chi connectivity index (χ0n) is 15.0. The molecule has 4 nitrogen and oxygen atoms in total. The molecule has 0 saturated heterocycles. The number of rotatable bonds is 6. The Balaban J connectivity index is 1.65. The molecule has 136 valence electrons. The summed E-state index contributed by atoms with van der Waals surface area (Å²) < 4.78 is 10.4. The zero-order valence-corrected chi connectivity index (χ0v) is 15.0. The van der Waals surface area contributed by atoms with Gasteiger partial charge in [0.25, 0.3) is 0 Å². The van der Waals surface area contributed by atoms with E-state index in [2.05, 4.69) is 4.74 Å². The van der Waals surface area contributed by atoms with Crippen molar-refractivity contribution in [3.63, 3.8) is 0 Å². The minimum Gasteiger partial charge on any atom is -0.507 e. The van der Waals surface area contributed by atoms with Crippen LogP contribution in [0.5, 0.6) is 11.5 Å². The van der Waals surface area contributed by atoms with Gasteiger partial charge < -0.3 is 14.6 Å². The molecule has 0 spiro atoms. The predicted octanol–water partition coefficient (Wildman–Crippen LogP) is 4.93. The fraction of sp³-hybridized carbons (Fsp3) is 0.0870. The molecular formula is C23H20O4. The number of phenolic OH excluding ortho intramolecular Hbond substituents is 1. The molecule has 0 aromatic heterocycles. The Morgan fingerprint density at radius 2 is 1.59 bits per heavy atom. The van der Waals surface area contributed by atoms with Gasteiger partial charge in [-0.05, 0) is 41.0 Å². The largest absolute Gasteiger partial charge is 0.507 e. The number of benzene rings is 3. The van der Waals surface area contributed by atoms with Crippen LogP contribution in [-0.4, -0.2) is 18.2 Å². The van der Waals surface area contributed by atoms with E-state index in [1.165, 1.54) is 13.2 Å². The molecule has 4 heteroatoms. The van der Waals surface area contributed by atoms with Crippen molar-refractivity contribution in [3.8, 4) is 11.5 Å². The van der Waals surface area contributed by atoms with E-state index < -0.39 is 5.97 Å². The third kappa shape index (κ3) is 4.98. The third-order valence-electron chi connectivity index (χ3n) is 4.02. The molecule has 3 aromatic carbocycles. The van der Waals surface area contributed by atoms with Gasteiger partial charge in [-0.2, -0.15) is 0 Å². The highest BCUT2D eigenvalue weighted by atomic mass is 16.5. The predicted molar refractivity (Wildman–Crippen MR) is 106 cm³/mol. The Bertz CT molecular complexity index is 928. The van der Waals surface area contributed by atoms with Gasteiger partial charge in [0, 0.05) is 0 Å². The Morgan fingerprint density at radius 3 is 2.30 bits per heavy atom. The SMILES string of the molecule is COC(=O)c1cc(C=Cc2ccc(OCc3ccccc3)cc2)ccc1O. The molecule has 0 bridgehead atoms. The van der Waals surface area contributed by atoms with E-state index in [4.69, 9.17) is 4.74 Å². The first-order chi connectivity index (χ1) is 13.2. The standard InChI is InChI=1S/C23H20O4/c1-26-23(25)21-15-18(11-14-22(21)24)8-7-17-9-12-20(13-10-17)27-16-19-5-3-2-4-6-19/h2-15,24H,16H2,1H3. The van der Waals surface area contributed by atoms with Crippen molar-refractivity contribution in [1.82, 2.24) is 0 Å². The average Bonchev–Trinajstić information content (AvgIpc) is 2.72. The number of carbonyl (C=O) groups excluding carboxylic acids is 1. The van der Waals surface area contributed by atoms with Crippen molar-refractivity contribution < 1.29 is 19.4 Å². The van der Waals surface area contributed by atoms with Gasteiger partial charge in [-0.1, -0.05) is 60.7 Å². The van der Waals surface area contributed by atoms with Gasteiger partial charge >= 0.3 is 5.97 Å². The number of aromatic hydroxyl groups is 1. The highest BCUT2D eigenvalue weighted by Gasteiger charge is 2.11. The number of phenols is 1. The van der Waals surface area contributed by atoms with Crippen LogP contribution in [0.1, 0.15) is 27.0 Å². The summed E-state index contributed by atoms with van der Waals surface area (Å²) in [6.45, 7) is 0.528. The minimum atomic E-state index is -0.567. The molecule has 3 aromatic rings. The molecule has 0 aliphatic heterocycles. The molecule has 3 rings (SSSR count). The fourth-order valence-corrected chi connectivity index (χ4v) is 2.54. The number of ether oxygens (including phenoxy) is 2. The lowest BCUT2D eigenvalue weighted by Crippen LogP contribution is -2.01. The second-order valence-electron chi connectivity index (χ2n) is 5.94. The fourth-order valence-electron chi connectivity index (χ4n) is 2.54. The van der Waals surface area contributed by atoms with Gasteiger partial charge in [0.15, 0.2) is 0 Å². The van der Waals surface area contributed by atoms with Crippen LogP contribution in [-0.2, 0) is 11.3 Å². The first-order valence-electron chi connectivity index (χ1n) is 8.52. The van der Waals surface area contributed by atoms with Gasteiger partial charge in [-0.3, -0.25) is 0 Å². The molecule has 0 atom stereocenters. The Labute approximate surface area is 158 Å². The first-order valence-corrected chi connectivity index (χ1v) is 8.52. The highest BCUT2D eigenvalue weighted by molar-refractivity contribution is 5.93. The molecule has 0 amide bonds. The van der Waals surface area contributed by atoms with Crippen molar-refractivity contribution in [2.24, 2.45) is 0 Å². The zero-order chi connectivity index (χ0) is 19.1. The summed E-state index contributed by atoms with van der Waals surface area (Å²) in [7, 11) is 1.28. The molecule has 27 heavy (non-hydrogen) atoms. The average molecular weight is 360 g/mol. The monoisotopic (exact) mass is 360 g/mol. The number of carbonyl (C=O) groups is 1. The number of hydrogen-bond acceptors (Lipinski definition) is 4. The van der Waals surface area contributed by atoms with E-state index in [0.717, 1.165) is 22.4 Å². The molecule has 0 heterocycles. The lowest BCUT2D eigenvalue weighted by Gasteiger charge is -2.06. The van der Waals surface area contributed by atoms with E-state index in [1.54, 1.807) is 12.1 Å².